The van der Waals surface area contributed by atoms with E-state index in [1.54, 1.807) is 35.2 Å². The molecule has 3 aromatic rings. The standard InChI is InChI=1S/C18H12Cl4N3O2.ClH/c19-11-1-3-13(15(21)5-11)17(26)7-24-9-23-25(10-24)8-18(27)14-4-2-12(20)6-16(14)22;/h1-6,9-10H,7-8H2;1H/q+1;/p-1. The van der Waals surface area contributed by atoms with Crippen molar-refractivity contribution in [3.63, 3.8) is 0 Å². The molecule has 0 aliphatic heterocycles. The topological polar surface area (TPSA) is 55.8 Å². The summed E-state index contributed by atoms with van der Waals surface area (Å²) in [6.45, 7) is 0.00148. The van der Waals surface area contributed by atoms with Gasteiger partial charge < -0.3 is 12.4 Å². The van der Waals surface area contributed by atoms with E-state index in [-0.39, 0.29) is 47.1 Å². The van der Waals surface area contributed by atoms with Crippen LogP contribution in [0.4, 0.5) is 0 Å². The normalized spacial score (nSPS) is 10.4. The summed E-state index contributed by atoms with van der Waals surface area (Å²) in [4.78, 5) is 24.8. The zero-order valence-corrected chi connectivity index (χ0v) is 17.9. The van der Waals surface area contributed by atoms with Crippen molar-refractivity contribution in [1.82, 2.24) is 9.78 Å². The van der Waals surface area contributed by atoms with E-state index in [0.717, 1.165) is 0 Å². The van der Waals surface area contributed by atoms with Gasteiger partial charge in [0, 0.05) is 26.3 Å². The van der Waals surface area contributed by atoms with Gasteiger partial charge in [0.1, 0.15) is 6.54 Å². The van der Waals surface area contributed by atoms with Gasteiger partial charge in [0.15, 0.2) is 12.3 Å². The predicted molar refractivity (Wildman–Crippen MR) is 104 cm³/mol. The van der Waals surface area contributed by atoms with E-state index >= 15 is 0 Å². The van der Waals surface area contributed by atoms with Gasteiger partial charge in [0.05, 0.1) is 10.0 Å². The van der Waals surface area contributed by atoms with Crippen molar-refractivity contribution >= 4 is 58.0 Å². The summed E-state index contributed by atoms with van der Waals surface area (Å²) in [5.74, 6) is -0.424. The van der Waals surface area contributed by atoms with Gasteiger partial charge in [0.25, 0.3) is 6.33 Å². The van der Waals surface area contributed by atoms with E-state index in [4.69, 9.17) is 46.4 Å². The summed E-state index contributed by atoms with van der Waals surface area (Å²) in [6.07, 6.45) is 3.02. The second-order valence-electron chi connectivity index (χ2n) is 5.71. The highest BCUT2D eigenvalue weighted by atomic mass is 35.5. The molecule has 0 amide bonds. The van der Waals surface area contributed by atoms with Crippen molar-refractivity contribution in [2.24, 2.45) is 0 Å². The smallest absolute Gasteiger partial charge is 0.265 e. The van der Waals surface area contributed by atoms with Gasteiger partial charge >= 0.3 is 0 Å². The first kappa shape index (κ1) is 22.7. The van der Waals surface area contributed by atoms with Crippen LogP contribution in [-0.4, -0.2) is 21.3 Å². The van der Waals surface area contributed by atoms with Crippen LogP contribution in [0, 0.1) is 0 Å². The third kappa shape index (κ3) is 5.46. The second-order valence-corrected chi connectivity index (χ2v) is 7.40. The number of rotatable bonds is 6. The Hall–Kier alpha value is -1.63. The minimum Gasteiger partial charge on any atom is -1.00 e. The summed E-state index contributed by atoms with van der Waals surface area (Å²) in [7, 11) is 0. The summed E-state index contributed by atoms with van der Waals surface area (Å²) in [5.41, 5.74) is 0.720. The number of Topliss-reactive ketones (excluding diaryl/α,β-unsaturated/α-hetero) is 2. The fourth-order valence-electron chi connectivity index (χ4n) is 2.44. The van der Waals surface area contributed by atoms with Crippen LogP contribution in [0.2, 0.25) is 20.1 Å². The Kier molecular flexibility index (Phi) is 7.87. The number of carbonyl (C=O) groups is 2. The minimum absolute atomic E-state index is 0. The van der Waals surface area contributed by atoms with E-state index in [0.29, 0.717) is 21.2 Å². The molecule has 5 nitrogen and oxygen atoms in total. The molecule has 0 aliphatic rings. The number of ketones is 2. The lowest BCUT2D eigenvalue weighted by molar-refractivity contribution is -0.683. The van der Waals surface area contributed by atoms with Crippen LogP contribution < -0.4 is 17.0 Å². The van der Waals surface area contributed by atoms with Gasteiger partial charge in [0.2, 0.25) is 12.1 Å². The van der Waals surface area contributed by atoms with E-state index in [9.17, 15) is 9.59 Å². The summed E-state index contributed by atoms with van der Waals surface area (Å²) >= 11 is 23.8. The summed E-state index contributed by atoms with van der Waals surface area (Å²) < 4.78 is 2.98. The van der Waals surface area contributed by atoms with Crippen molar-refractivity contribution in [2.45, 2.75) is 13.1 Å². The van der Waals surface area contributed by atoms with Crippen LogP contribution in [0.25, 0.3) is 0 Å². The number of benzene rings is 2. The number of hydrogen-bond acceptors (Lipinski definition) is 3. The number of nitrogens with zero attached hydrogens (tertiary/aromatic N) is 3. The average Bonchev–Trinajstić information content (AvgIpc) is 3.01. The molecule has 0 bridgehead atoms. The molecule has 0 saturated carbocycles. The summed E-state index contributed by atoms with van der Waals surface area (Å²) in [5, 5.41) is 5.57. The van der Waals surface area contributed by atoms with Gasteiger partial charge in [-0.15, -0.1) is 4.68 Å². The van der Waals surface area contributed by atoms with E-state index in [1.165, 1.54) is 23.1 Å². The van der Waals surface area contributed by atoms with Gasteiger partial charge in [-0.1, -0.05) is 46.4 Å². The van der Waals surface area contributed by atoms with Crippen LogP contribution in [0.3, 0.4) is 0 Å². The maximum atomic E-state index is 12.4. The lowest BCUT2D eigenvalue weighted by atomic mass is 10.1. The van der Waals surface area contributed by atoms with E-state index in [1.807, 2.05) is 0 Å². The molecule has 28 heavy (non-hydrogen) atoms. The molecule has 3 rings (SSSR count). The first-order valence-corrected chi connectivity index (χ1v) is 9.22. The number of aromatic nitrogens is 3. The van der Waals surface area contributed by atoms with Crippen LogP contribution in [0.5, 0.6) is 0 Å². The van der Waals surface area contributed by atoms with Crippen LogP contribution in [0.15, 0.2) is 49.1 Å². The molecule has 0 aliphatic carbocycles. The molecule has 0 radical (unpaired) electrons. The highest BCUT2D eigenvalue weighted by Gasteiger charge is 2.18. The Bertz CT molecular complexity index is 956. The zero-order valence-electron chi connectivity index (χ0n) is 14.1. The molecular weight excluding hydrogens is 467 g/mol. The van der Waals surface area contributed by atoms with Crippen molar-refractivity contribution < 1.29 is 26.6 Å². The Morgan fingerprint density at radius 3 is 1.96 bits per heavy atom. The Balaban J connectivity index is 0.00000280. The summed E-state index contributed by atoms with van der Waals surface area (Å²) in [6, 6.07) is 9.36. The van der Waals surface area contributed by atoms with Gasteiger partial charge in [-0.25, -0.2) is 4.57 Å². The van der Waals surface area contributed by atoms with E-state index < -0.39 is 0 Å². The monoisotopic (exact) mass is 477 g/mol. The Labute approximate surface area is 187 Å². The minimum atomic E-state index is -0.223. The fraction of sp³-hybridized carbons (Fsp3) is 0.111. The molecule has 0 N–H and O–H groups in total. The lowest BCUT2D eigenvalue weighted by Crippen LogP contribution is -3.00. The fourth-order valence-corrected chi connectivity index (χ4v) is 3.47. The van der Waals surface area contributed by atoms with Crippen molar-refractivity contribution in [3.8, 4) is 0 Å². The lowest BCUT2D eigenvalue weighted by Gasteiger charge is -2.02. The molecule has 1 heterocycles. The predicted octanol–water partition coefficient (Wildman–Crippen LogP) is 1.55. The molecule has 0 saturated heterocycles. The van der Waals surface area contributed by atoms with Crippen LogP contribution in [0.1, 0.15) is 20.7 Å². The third-order valence-electron chi connectivity index (χ3n) is 3.72. The van der Waals surface area contributed by atoms with Crippen molar-refractivity contribution in [1.29, 1.82) is 0 Å². The van der Waals surface area contributed by atoms with Gasteiger partial charge in [-0.2, -0.15) is 0 Å². The molecule has 0 fully saturated rings. The molecule has 2 aromatic carbocycles. The van der Waals surface area contributed by atoms with Gasteiger partial charge in [-0.05, 0) is 36.4 Å². The second kappa shape index (κ2) is 9.72. The zero-order chi connectivity index (χ0) is 19.6. The molecule has 10 heteroatoms. The molecule has 0 unspecified atom stereocenters. The number of hydrogen-bond donors (Lipinski definition) is 0. The Morgan fingerprint density at radius 1 is 0.893 bits per heavy atom. The maximum Gasteiger partial charge on any atom is 0.265 e. The average molecular weight is 480 g/mol. The van der Waals surface area contributed by atoms with Crippen LogP contribution in [-0.2, 0) is 13.1 Å². The quantitative estimate of drug-likeness (QED) is 0.398. The maximum absolute atomic E-state index is 12.4. The third-order valence-corrected chi connectivity index (χ3v) is 4.82. The molecule has 0 atom stereocenters. The van der Waals surface area contributed by atoms with Crippen LogP contribution >= 0.6 is 46.4 Å². The highest BCUT2D eigenvalue weighted by molar-refractivity contribution is 6.37. The molecule has 1 aromatic heterocycles. The first-order valence-electron chi connectivity index (χ1n) is 7.71. The largest absolute Gasteiger partial charge is 1.00 e. The number of halogens is 5. The Morgan fingerprint density at radius 2 is 1.43 bits per heavy atom. The highest BCUT2D eigenvalue weighted by Crippen LogP contribution is 2.22. The molecule has 146 valence electrons. The first-order chi connectivity index (χ1) is 12.8. The van der Waals surface area contributed by atoms with Crippen molar-refractivity contribution in [2.75, 3.05) is 0 Å². The number of carbonyl (C=O) groups excluding carboxylic acids is 2. The van der Waals surface area contributed by atoms with Gasteiger partial charge in [-0.3, -0.25) is 9.59 Å². The van der Waals surface area contributed by atoms with E-state index in [2.05, 4.69) is 5.10 Å². The SMILES string of the molecule is O=C(Cn1c[n+](CC(=O)c2ccc(Cl)cc2Cl)cn1)c1ccc(Cl)cc1Cl.[Cl-]. The van der Waals surface area contributed by atoms with Crippen molar-refractivity contribution in [3.05, 3.63) is 80.3 Å². The molecular formula is C18H12Cl5N3O2. The molecule has 0 spiro atoms.